The first kappa shape index (κ1) is 17.6. The van der Waals surface area contributed by atoms with Gasteiger partial charge in [0.15, 0.2) is 0 Å². The summed E-state index contributed by atoms with van der Waals surface area (Å²) in [5, 5.41) is 13.3. The first-order valence-corrected chi connectivity index (χ1v) is 8.24. The molecule has 2 aromatic carbocycles. The molecule has 1 N–H and O–H groups in total. The number of anilines is 1. The number of rotatable bonds is 5. The number of carbonyl (C=O) groups is 1. The number of nitrogens with zero attached hydrogens (tertiary/aromatic N) is 2. The smallest absolute Gasteiger partial charge is 0.270 e. The van der Waals surface area contributed by atoms with Gasteiger partial charge < -0.3 is 5.32 Å². The Labute approximate surface area is 138 Å². The van der Waals surface area contributed by atoms with Crippen molar-refractivity contribution in [1.82, 2.24) is 4.31 Å². The van der Waals surface area contributed by atoms with Gasteiger partial charge in [-0.25, -0.2) is 12.7 Å². The van der Waals surface area contributed by atoms with Crippen molar-refractivity contribution in [2.75, 3.05) is 19.4 Å². The molecule has 0 heterocycles. The molecule has 0 fully saturated rings. The fraction of sp³-hybridized carbons (Fsp3) is 0.133. The lowest BCUT2D eigenvalue weighted by Crippen LogP contribution is -2.22. The molecular formula is C15H15N3O5S. The van der Waals surface area contributed by atoms with E-state index in [1.807, 2.05) is 0 Å². The fourth-order valence-corrected chi connectivity index (χ4v) is 2.86. The Morgan fingerprint density at radius 2 is 1.79 bits per heavy atom. The summed E-state index contributed by atoms with van der Waals surface area (Å²) in [4.78, 5) is 22.4. The second kappa shape index (κ2) is 6.77. The zero-order valence-corrected chi connectivity index (χ0v) is 13.8. The van der Waals surface area contributed by atoms with Crippen LogP contribution in [-0.2, 0) is 10.0 Å². The third-order valence-electron chi connectivity index (χ3n) is 3.19. The molecule has 0 saturated heterocycles. The minimum atomic E-state index is -3.63. The summed E-state index contributed by atoms with van der Waals surface area (Å²) in [5.41, 5.74) is 0.172. The van der Waals surface area contributed by atoms with Crippen LogP contribution in [0.4, 0.5) is 11.4 Å². The number of non-ortho nitro benzene ring substituents is 1. The van der Waals surface area contributed by atoms with Gasteiger partial charge in [0.05, 0.1) is 9.82 Å². The Bertz CT molecular complexity index is 893. The number of carbonyl (C=O) groups excluding carboxylic acids is 1. The summed E-state index contributed by atoms with van der Waals surface area (Å²) in [6.45, 7) is 0. The Kier molecular flexibility index (Phi) is 4.96. The first-order valence-electron chi connectivity index (χ1n) is 6.80. The number of amides is 1. The minimum absolute atomic E-state index is 0.0318. The second-order valence-electron chi connectivity index (χ2n) is 5.08. The zero-order chi connectivity index (χ0) is 17.9. The molecule has 0 atom stereocenters. The largest absolute Gasteiger partial charge is 0.322 e. The van der Waals surface area contributed by atoms with E-state index in [1.165, 1.54) is 56.6 Å². The molecule has 2 rings (SSSR count). The van der Waals surface area contributed by atoms with Crippen molar-refractivity contribution in [1.29, 1.82) is 0 Å². The van der Waals surface area contributed by atoms with Crippen LogP contribution in [-0.4, -0.2) is 37.6 Å². The van der Waals surface area contributed by atoms with Gasteiger partial charge in [-0.3, -0.25) is 14.9 Å². The van der Waals surface area contributed by atoms with E-state index in [-0.39, 0.29) is 21.8 Å². The SMILES string of the molecule is CN(C)S(=O)(=O)c1cccc(NC(=O)c2cccc([N+](=O)[O-])c2)c1. The molecule has 0 saturated carbocycles. The summed E-state index contributed by atoms with van der Waals surface area (Å²) in [5.74, 6) is -0.571. The number of nitrogens with one attached hydrogen (secondary N) is 1. The van der Waals surface area contributed by atoms with Crippen LogP contribution in [0.5, 0.6) is 0 Å². The molecule has 0 aliphatic carbocycles. The third kappa shape index (κ3) is 3.76. The van der Waals surface area contributed by atoms with Gasteiger partial charge in [0.1, 0.15) is 0 Å². The molecule has 0 aromatic heterocycles. The van der Waals surface area contributed by atoms with Gasteiger partial charge in [-0.05, 0) is 24.3 Å². The van der Waals surface area contributed by atoms with E-state index in [0.29, 0.717) is 0 Å². The van der Waals surface area contributed by atoms with Crippen LogP contribution in [0, 0.1) is 10.1 Å². The molecule has 0 spiro atoms. The first-order chi connectivity index (χ1) is 11.2. The van der Waals surface area contributed by atoms with E-state index < -0.39 is 20.9 Å². The third-order valence-corrected chi connectivity index (χ3v) is 5.00. The lowest BCUT2D eigenvalue weighted by Gasteiger charge is -2.12. The molecule has 0 radical (unpaired) electrons. The maximum absolute atomic E-state index is 12.2. The molecule has 1 amide bonds. The van der Waals surface area contributed by atoms with Crippen molar-refractivity contribution >= 4 is 27.3 Å². The van der Waals surface area contributed by atoms with Gasteiger partial charge in [-0.15, -0.1) is 0 Å². The summed E-state index contributed by atoms with van der Waals surface area (Å²) in [7, 11) is -0.812. The zero-order valence-electron chi connectivity index (χ0n) is 13.0. The number of sulfonamides is 1. The molecule has 9 heteroatoms. The lowest BCUT2D eigenvalue weighted by atomic mass is 10.2. The number of nitro groups is 1. The van der Waals surface area contributed by atoms with Crippen LogP contribution in [0.15, 0.2) is 53.4 Å². The van der Waals surface area contributed by atoms with Crippen molar-refractivity contribution in [3.05, 3.63) is 64.2 Å². The molecule has 24 heavy (non-hydrogen) atoms. The Morgan fingerprint density at radius 1 is 1.12 bits per heavy atom. The van der Waals surface area contributed by atoms with Crippen LogP contribution < -0.4 is 5.32 Å². The topological polar surface area (TPSA) is 110 Å². The number of benzene rings is 2. The predicted molar refractivity (Wildman–Crippen MR) is 88.4 cm³/mol. The number of hydrogen-bond donors (Lipinski definition) is 1. The lowest BCUT2D eigenvalue weighted by molar-refractivity contribution is -0.384. The Balaban J connectivity index is 2.27. The maximum atomic E-state index is 12.2. The van der Waals surface area contributed by atoms with Gasteiger partial charge in [0, 0.05) is 37.5 Å². The maximum Gasteiger partial charge on any atom is 0.270 e. The van der Waals surface area contributed by atoms with Gasteiger partial charge in [-0.2, -0.15) is 0 Å². The van der Waals surface area contributed by atoms with E-state index in [9.17, 15) is 23.3 Å². The van der Waals surface area contributed by atoms with Crippen molar-refractivity contribution in [3.63, 3.8) is 0 Å². The van der Waals surface area contributed by atoms with Crippen LogP contribution in [0.2, 0.25) is 0 Å². The summed E-state index contributed by atoms with van der Waals surface area (Å²) in [6.07, 6.45) is 0. The fourth-order valence-electron chi connectivity index (χ4n) is 1.91. The van der Waals surface area contributed by atoms with Gasteiger partial charge in [0.25, 0.3) is 11.6 Å². The van der Waals surface area contributed by atoms with E-state index in [1.54, 1.807) is 0 Å². The standard InChI is InChI=1S/C15H15N3O5S/c1-17(2)24(22,23)14-8-4-6-12(10-14)16-15(19)11-5-3-7-13(9-11)18(20)21/h3-10H,1-2H3,(H,16,19). The molecule has 2 aromatic rings. The molecule has 0 aliphatic rings. The molecule has 8 nitrogen and oxygen atoms in total. The van der Waals surface area contributed by atoms with Crippen molar-refractivity contribution in [3.8, 4) is 0 Å². The minimum Gasteiger partial charge on any atom is -0.322 e. The molecule has 0 unspecified atom stereocenters. The monoisotopic (exact) mass is 349 g/mol. The highest BCUT2D eigenvalue weighted by molar-refractivity contribution is 7.89. The van der Waals surface area contributed by atoms with Crippen molar-refractivity contribution in [2.45, 2.75) is 4.90 Å². The number of hydrogen-bond acceptors (Lipinski definition) is 5. The van der Waals surface area contributed by atoms with Gasteiger partial charge in [-0.1, -0.05) is 12.1 Å². The van der Waals surface area contributed by atoms with Crippen molar-refractivity contribution < 1.29 is 18.1 Å². The molecule has 0 bridgehead atoms. The molecular weight excluding hydrogens is 334 g/mol. The van der Waals surface area contributed by atoms with Crippen LogP contribution in [0.1, 0.15) is 10.4 Å². The Hall–Kier alpha value is -2.78. The highest BCUT2D eigenvalue weighted by atomic mass is 32.2. The van der Waals surface area contributed by atoms with Gasteiger partial charge >= 0.3 is 0 Å². The highest BCUT2D eigenvalue weighted by Crippen LogP contribution is 2.19. The molecule has 126 valence electrons. The predicted octanol–water partition coefficient (Wildman–Crippen LogP) is 2.10. The van der Waals surface area contributed by atoms with Crippen LogP contribution in [0.3, 0.4) is 0 Å². The highest BCUT2D eigenvalue weighted by Gasteiger charge is 2.18. The van der Waals surface area contributed by atoms with Crippen LogP contribution in [0.25, 0.3) is 0 Å². The average Bonchev–Trinajstić information content (AvgIpc) is 2.55. The molecule has 0 aliphatic heterocycles. The van der Waals surface area contributed by atoms with Crippen LogP contribution >= 0.6 is 0 Å². The van der Waals surface area contributed by atoms with Crippen molar-refractivity contribution in [2.24, 2.45) is 0 Å². The summed E-state index contributed by atoms with van der Waals surface area (Å²) in [6, 6.07) is 11.0. The van der Waals surface area contributed by atoms with E-state index in [2.05, 4.69) is 5.32 Å². The van der Waals surface area contributed by atoms with E-state index >= 15 is 0 Å². The van der Waals surface area contributed by atoms with E-state index in [0.717, 1.165) is 10.4 Å². The average molecular weight is 349 g/mol. The summed E-state index contributed by atoms with van der Waals surface area (Å²) < 4.78 is 25.3. The number of nitro benzene ring substituents is 1. The normalized spacial score (nSPS) is 11.3. The quantitative estimate of drug-likeness (QED) is 0.656. The summed E-state index contributed by atoms with van der Waals surface area (Å²) >= 11 is 0. The second-order valence-corrected chi connectivity index (χ2v) is 7.23. The van der Waals surface area contributed by atoms with E-state index in [4.69, 9.17) is 0 Å². The van der Waals surface area contributed by atoms with Gasteiger partial charge in [0.2, 0.25) is 10.0 Å². The Morgan fingerprint density at radius 3 is 2.42 bits per heavy atom.